The van der Waals surface area contributed by atoms with Crippen molar-refractivity contribution < 1.29 is 9.66 Å². The summed E-state index contributed by atoms with van der Waals surface area (Å²) >= 11 is 3.25. The van der Waals surface area contributed by atoms with Crippen LogP contribution in [0.2, 0.25) is 0 Å². The molecule has 2 aromatic rings. The van der Waals surface area contributed by atoms with Crippen molar-refractivity contribution in [2.45, 2.75) is 5.33 Å². The molecule has 0 saturated carbocycles. The third-order valence-corrected chi connectivity index (χ3v) is 3.21. The Bertz CT molecular complexity index is 695. The Morgan fingerprint density at radius 2 is 2.10 bits per heavy atom. The third kappa shape index (κ3) is 3.13. The van der Waals surface area contributed by atoms with Gasteiger partial charge in [-0.05, 0) is 29.8 Å². The number of nitro groups is 1. The largest absolute Gasteiger partial charge is 0.450 e. The number of nitrogens with zero attached hydrogens (tertiary/aromatic N) is 2. The number of benzene rings is 2. The number of nitriles is 1. The first-order valence-electron chi connectivity index (χ1n) is 5.65. The van der Waals surface area contributed by atoms with Crippen LogP contribution in [0.15, 0.2) is 42.5 Å². The van der Waals surface area contributed by atoms with E-state index in [-0.39, 0.29) is 11.4 Å². The number of hydrogen-bond donors (Lipinski definition) is 0. The van der Waals surface area contributed by atoms with Gasteiger partial charge in [0.15, 0.2) is 0 Å². The molecule has 0 fully saturated rings. The van der Waals surface area contributed by atoms with Gasteiger partial charge < -0.3 is 4.74 Å². The maximum absolute atomic E-state index is 11.1. The maximum atomic E-state index is 11.1. The second-order valence-corrected chi connectivity index (χ2v) is 4.50. The maximum Gasteiger partial charge on any atom is 0.311 e. The van der Waals surface area contributed by atoms with Gasteiger partial charge in [-0.1, -0.05) is 28.1 Å². The van der Waals surface area contributed by atoms with Gasteiger partial charge in [-0.2, -0.15) is 5.26 Å². The van der Waals surface area contributed by atoms with Crippen LogP contribution in [0.3, 0.4) is 0 Å². The van der Waals surface area contributed by atoms with Crippen molar-refractivity contribution in [3.8, 4) is 17.6 Å². The molecule has 0 aliphatic heterocycles. The molecule has 0 bridgehead atoms. The zero-order valence-corrected chi connectivity index (χ0v) is 11.8. The van der Waals surface area contributed by atoms with Crippen molar-refractivity contribution >= 4 is 21.6 Å². The lowest BCUT2D eigenvalue weighted by atomic mass is 10.2. The highest BCUT2D eigenvalue weighted by atomic mass is 79.9. The van der Waals surface area contributed by atoms with Crippen LogP contribution in [-0.4, -0.2) is 4.92 Å². The van der Waals surface area contributed by atoms with Crippen molar-refractivity contribution in [1.29, 1.82) is 5.26 Å². The van der Waals surface area contributed by atoms with E-state index >= 15 is 0 Å². The summed E-state index contributed by atoms with van der Waals surface area (Å²) in [7, 11) is 0. The summed E-state index contributed by atoms with van der Waals surface area (Å²) in [5, 5.41) is 20.4. The molecule has 100 valence electrons. The SMILES string of the molecule is N#Cc1cccc(Oc2ccc(CBr)cc2[N+](=O)[O-])c1. The van der Waals surface area contributed by atoms with Crippen molar-refractivity contribution in [2.24, 2.45) is 0 Å². The first-order chi connectivity index (χ1) is 9.63. The molecule has 2 aromatic carbocycles. The Kier molecular flexibility index (Phi) is 4.33. The molecule has 5 nitrogen and oxygen atoms in total. The predicted molar refractivity (Wildman–Crippen MR) is 77.0 cm³/mol. The minimum absolute atomic E-state index is 0.107. The van der Waals surface area contributed by atoms with Gasteiger partial charge in [0.05, 0.1) is 16.6 Å². The predicted octanol–water partition coefficient (Wildman–Crippen LogP) is 4.15. The summed E-state index contributed by atoms with van der Waals surface area (Å²) in [5.41, 5.74) is 1.11. The van der Waals surface area contributed by atoms with Gasteiger partial charge in [0.25, 0.3) is 0 Å². The van der Waals surface area contributed by atoms with E-state index in [1.807, 2.05) is 6.07 Å². The lowest BCUT2D eigenvalue weighted by Crippen LogP contribution is -1.95. The van der Waals surface area contributed by atoms with Gasteiger partial charge in [-0.15, -0.1) is 0 Å². The molecule has 0 radical (unpaired) electrons. The highest BCUT2D eigenvalue weighted by molar-refractivity contribution is 9.08. The summed E-state index contributed by atoms with van der Waals surface area (Å²) in [6.07, 6.45) is 0. The van der Waals surface area contributed by atoms with Crippen molar-refractivity contribution in [1.82, 2.24) is 0 Å². The van der Waals surface area contributed by atoms with Gasteiger partial charge in [0.2, 0.25) is 5.75 Å². The molecule has 0 N–H and O–H groups in total. The average Bonchev–Trinajstić information content (AvgIpc) is 2.47. The second-order valence-electron chi connectivity index (χ2n) is 3.93. The van der Waals surface area contributed by atoms with Gasteiger partial charge in [-0.25, -0.2) is 0 Å². The fourth-order valence-corrected chi connectivity index (χ4v) is 1.98. The monoisotopic (exact) mass is 332 g/mol. The van der Waals surface area contributed by atoms with Gasteiger partial charge in [0.1, 0.15) is 5.75 Å². The molecule has 2 rings (SSSR count). The summed E-state index contributed by atoms with van der Waals surface area (Å²) in [6.45, 7) is 0. The van der Waals surface area contributed by atoms with Crippen LogP contribution in [0.1, 0.15) is 11.1 Å². The molecule has 0 atom stereocenters. The van der Waals surface area contributed by atoms with Crippen molar-refractivity contribution in [3.63, 3.8) is 0 Å². The molecule has 20 heavy (non-hydrogen) atoms. The van der Waals surface area contributed by atoms with Crippen molar-refractivity contribution in [3.05, 3.63) is 63.7 Å². The third-order valence-electron chi connectivity index (χ3n) is 2.57. The number of hydrogen-bond acceptors (Lipinski definition) is 4. The first kappa shape index (κ1) is 14.0. The fraction of sp³-hybridized carbons (Fsp3) is 0.0714. The summed E-state index contributed by atoms with van der Waals surface area (Å²) in [4.78, 5) is 10.6. The molecule has 0 aliphatic carbocycles. The van der Waals surface area contributed by atoms with E-state index < -0.39 is 4.92 Å². The minimum atomic E-state index is -0.490. The van der Waals surface area contributed by atoms with Gasteiger partial charge in [0, 0.05) is 11.4 Å². The Hall–Kier alpha value is -2.39. The van der Waals surface area contributed by atoms with Crippen LogP contribution in [0.5, 0.6) is 11.5 Å². The first-order valence-corrected chi connectivity index (χ1v) is 6.77. The summed E-state index contributed by atoms with van der Waals surface area (Å²) < 4.78 is 5.50. The van der Waals surface area contributed by atoms with Crippen molar-refractivity contribution in [2.75, 3.05) is 0 Å². The second kappa shape index (κ2) is 6.17. The molecule has 0 aliphatic rings. The normalized spacial score (nSPS) is 9.80. The minimum Gasteiger partial charge on any atom is -0.450 e. The molecule has 0 unspecified atom stereocenters. The summed E-state index contributed by atoms with van der Waals surface area (Å²) in [6, 6.07) is 13.2. The van der Waals surface area contributed by atoms with E-state index in [0.29, 0.717) is 16.6 Å². The molecule has 0 heterocycles. The van der Waals surface area contributed by atoms with Crippen LogP contribution in [0, 0.1) is 21.4 Å². The zero-order valence-electron chi connectivity index (χ0n) is 10.2. The molecular weight excluding hydrogens is 324 g/mol. The van der Waals surface area contributed by atoms with Crippen LogP contribution in [0.25, 0.3) is 0 Å². The molecule has 0 aromatic heterocycles. The Morgan fingerprint density at radius 3 is 2.75 bits per heavy atom. The van der Waals surface area contributed by atoms with Gasteiger partial charge in [-0.3, -0.25) is 10.1 Å². The standard InChI is InChI=1S/C14H9BrN2O3/c15-8-10-4-5-14(13(7-10)17(18)19)20-12-3-1-2-11(6-12)9-16/h1-7H,8H2. The number of alkyl halides is 1. The highest BCUT2D eigenvalue weighted by Gasteiger charge is 2.16. The van der Waals surface area contributed by atoms with Crippen LogP contribution in [-0.2, 0) is 5.33 Å². The Labute approximate surface area is 123 Å². The van der Waals surface area contributed by atoms with E-state index in [1.54, 1.807) is 30.3 Å². The van der Waals surface area contributed by atoms with Crippen LogP contribution >= 0.6 is 15.9 Å². The average molecular weight is 333 g/mol. The number of nitro benzene ring substituents is 1. The summed E-state index contributed by atoms with van der Waals surface area (Å²) in [5.74, 6) is 0.536. The number of ether oxygens (including phenoxy) is 1. The number of halogens is 1. The molecule has 0 spiro atoms. The topological polar surface area (TPSA) is 76.2 Å². The van der Waals surface area contributed by atoms with E-state index in [9.17, 15) is 10.1 Å². The Balaban J connectivity index is 2.37. The lowest BCUT2D eigenvalue weighted by molar-refractivity contribution is -0.385. The van der Waals surface area contributed by atoms with Gasteiger partial charge >= 0.3 is 5.69 Å². The van der Waals surface area contributed by atoms with E-state index in [1.165, 1.54) is 12.1 Å². The quantitative estimate of drug-likeness (QED) is 0.478. The van der Waals surface area contributed by atoms with E-state index in [0.717, 1.165) is 5.56 Å². The Morgan fingerprint density at radius 1 is 1.30 bits per heavy atom. The van der Waals surface area contributed by atoms with Crippen LogP contribution in [0.4, 0.5) is 5.69 Å². The zero-order chi connectivity index (χ0) is 14.5. The highest BCUT2D eigenvalue weighted by Crippen LogP contribution is 2.32. The molecule has 0 amide bonds. The molecule has 6 heteroatoms. The van der Waals surface area contributed by atoms with E-state index in [2.05, 4.69) is 15.9 Å². The molecule has 0 saturated heterocycles. The van der Waals surface area contributed by atoms with E-state index in [4.69, 9.17) is 10.00 Å². The molecular formula is C14H9BrN2O3. The fourth-order valence-electron chi connectivity index (χ4n) is 1.63. The smallest absolute Gasteiger partial charge is 0.311 e. The van der Waals surface area contributed by atoms with Crippen LogP contribution < -0.4 is 4.74 Å². The lowest BCUT2D eigenvalue weighted by Gasteiger charge is -2.07. The number of rotatable bonds is 4.